The number of anilines is 2. The number of hydrogen-bond acceptors (Lipinski definition) is 5. The highest BCUT2D eigenvalue weighted by molar-refractivity contribution is 5.95. The largest absolute Gasteiger partial charge is 0.434 e. The highest BCUT2D eigenvalue weighted by Gasteiger charge is 2.36. The van der Waals surface area contributed by atoms with E-state index in [0.29, 0.717) is 37.7 Å². The zero-order valence-electron chi connectivity index (χ0n) is 11.8. The zero-order chi connectivity index (χ0) is 15.7. The molecule has 0 radical (unpaired) electrons. The van der Waals surface area contributed by atoms with Gasteiger partial charge in [0.2, 0.25) is 0 Å². The number of rotatable bonds is 3. The van der Waals surface area contributed by atoms with Crippen molar-refractivity contribution in [2.24, 2.45) is 5.73 Å². The molecule has 8 heteroatoms. The summed E-state index contributed by atoms with van der Waals surface area (Å²) < 4.78 is 24.4. The van der Waals surface area contributed by atoms with Crippen LogP contribution in [0.1, 0.15) is 0 Å². The van der Waals surface area contributed by atoms with Crippen LogP contribution in [0.5, 0.6) is 0 Å². The van der Waals surface area contributed by atoms with Crippen LogP contribution < -0.4 is 15.5 Å². The fraction of sp³-hybridized carbons (Fsp3) is 0.429. The minimum Gasteiger partial charge on any atom is -0.434 e. The number of nitrogens with two attached hydrogens (primary N) is 1. The number of carbonyl (C=O) groups is 2. The second-order valence-electron chi connectivity index (χ2n) is 5.12. The SMILES string of the molecule is NC(=O)[C@H]1CN(c2ccc(N3CCOCC3)c(F)c2)C(=O)O1. The number of primary amides is 1. The monoisotopic (exact) mass is 309 g/mol. The molecule has 7 nitrogen and oxygen atoms in total. The van der Waals surface area contributed by atoms with Gasteiger partial charge in [-0.15, -0.1) is 0 Å². The van der Waals surface area contributed by atoms with Crippen LogP contribution in [0.2, 0.25) is 0 Å². The van der Waals surface area contributed by atoms with Crippen molar-refractivity contribution >= 4 is 23.4 Å². The maximum Gasteiger partial charge on any atom is 0.415 e. The van der Waals surface area contributed by atoms with Crippen LogP contribution in [0.15, 0.2) is 18.2 Å². The van der Waals surface area contributed by atoms with Gasteiger partial charge in [0.1, 0.15) is 5.82 Å². The summed E-state index contributed by atoms with van der Waals surface area (Å²) in [5.41, 5.74) is 5.92. The van der Waals surface area contributed by atoms with Crippen molar-refractivity contribution in [3.8, 4) is 0 Å². The van der Waals surface area contributed by atoms with Gasteiger partial charge in [-0.1, -0.05) is 0 Å². The Bertz CT molecular complexity index is 604. The maximum atomic E-state index is 14.3. The maximum absolute atomic E-state index is 14.3. The van der Waals surface area contributed by atoms with E-state index in [-0.39, 0.29) is 6.54 Å². The fourth-order valence-electron chi connectivity index (χ4n) is 2.55. The van der Waals surface area contributed by atoms with E-state index < -0.39 is 23.9 Å². The number of cyclic esters (lactones) is 1. The lowest BCUT2D eigenvalue weighted by Gasteiger charge is -2.29. The summed E-state index contributed by atoms with van der Waals surface area (Å²) in [6.07, 6.45) is -1.71. The summed E-state index contributed by atoms with van der Waals surface area (Å²) in [4.78, 5) is 25.9. The molecule has 2 N–H and O–H groups in total. The molecule has 0 bridgehead atoms. The van der Waals surface area contributed by atoms with E-state index >= 15 is 0 Å². The van der Waals surface area contributed by atoms with Gasteiger partial charge >= 0.3 is 6.09 Å². The standard InChI is InChI=1S/C14H16FN3O4/c15-10-7-9(18-8-12(13(16)19)22-14(18)20)1-2-11(10)17-3-5-21-6-4-17/h1-2,7,12H,3-6,8H2,(H2,16,19)/t12-/m1/s1. The lowest BCUT2D eigenvalue weighted by molar-refractivity contribution is -0.124. The number of carbonyl (C=O) groups excluding carboxylic acids is 2. The number of benzene rings is 1. The average Bonchev–Trinajstić information content (AvgIpc) is 2.90. The molecular formula is C14H16FN3O4. The first-order valence-electron chi connectivity index (χ1n) is 6.96. The highest BCUT2D eigenvalue weighted by Crippen LogP contribution is 2.28. The molecule has 2 heterocycles. The summed E-state index contributed by atoms with van der Waals surface area (Å²) in [6.45, 7) is 2.34. The third kappa shape index (κ3) is 2.69. The molecule has 0 aliphatic carbocycles. The lowest BCUT2D eigenvalue weighted by Crippen LogP contribution is -2.36. The normalized spacial score (nSPS) is 21.9. The van der Waals surface area contributed by atoms with Gasteiger partial charge in [0.05, 0.1) is 31.1 Å². The number of nitrogens with zero attached hydrogens (tertiary/aromatic N) is 2. The number of morpholine rings is 1. The first-order valence-corrected chi connectivity index (χ1v) is 6.96. The predicted octanol–water partition coefficient (Wildman–Crippen LogP) is 0.473. The van der Waals surface area contributed by atoms with Gasteiger partial charge in [-0.05, 0) is 18.2 Å². The van der Waals surface area contributed by atoms with Crippen molar-refractivity contribution in [1.29, 1.82) is 0 Å². The van der Waals surface area contributed by atoms with Crippen LogP contribution in [0.25, 0.3) is 0 Å². The molecular weight excluding hydrogens is 293 g/mol. The summed E-state index contributed by atoms with van der Waals surface area (Å²) in [5.74, 6) is -1.16. The molecule has 0 unspecified atom stereocenters. The first-order chi connectivity index (χ1) is 10.6. The van der Waals surface area contributed by atoms with E-state index in [4.69, 9.17) is 15.2 Å². The van der Waals surface area contributed by atoms with Gasteiger partial charge < -0.3 is 20.1 Å². The summed E-state index contributed by atoms with van der Waals surface area (Å²) in [6, 6.07) is 4.49. The number of ether oxygens (including phenoxy) is 2. The van der Waals surface area contributed by atoms with Crippen molar-refractivity contribution in [2.75, 3.05) is 42.6 Å². The molecule has 2 aliphatic rings. The predicted molar refractivity (Wildman–Crippen MR) is 76.2 cm³/mol. The van der Waals surface area contributed by atoms with Crippen LogP contribution in [-0.2, 0) is 14.3 Å². The Labute approximate surface area is 126 Å². The van der Waals surface area contributed by atoms with Gasteiger partial charge in [0.25, 0.3) is 5.91 Å². The van der Waals surface area contributed by atoms with Crippen LogP contribution in [0.3, 0.4) is 0 Å². The minimum absolute atomic E-state index is 0.00942. The van der Waals surface area contributed by atoms with E-state index in [1.54, 1.807) is 12.1 Å². The molecule has 1 aromatic carbocycles. The Morgan fingerprint density at radius 1 is 1.32 bits per heavy atom. The molecule has 2 fully saturated rings. The third-order valence-electron chi connectivity index (χ3n) is 3.72. The Morgan fingerprint density at radius 2 is 2.05 bits per heavy atom. The molecule has 1 atom stereocenters. The zero-order valence-corrected chi connectivity index (χ0v) is 11.8. The minimum atomic E-state index is -1.01. The highest BCUT2D eigenvalue weighted by atomic mass is 19.1. The average molecular weight is 309 g/mol. The molecule has 118 valence electrons. The molecule has 0 spiro atoms. The van der Waals surface area contributed by atoms with Crippen molar-refractivity contribution < 1.29 is 23.5 Å². The van der Waals surface area contributed by atoms with E-state index in [1.165, 1.54) is 11.0 Å². The van der Waals surface area contributed by atoms with Crippen molar-refractivity contribution in [3.63, 3.8) is 0 Å². The van der Waals surface area contributed by atoms with E-state index in [2.05, 4.69) is 0 Å². The summed E-state index contributed by atoms with van der Waals surface area (Å²) >= 11 is 0. The van der Waals surface area contributed by atoms with Gasteiger partial charge in [-0.3, -0.25) is 9.69 Å². The van der Waals surface area contributed by atoms with E-state index in [9.17, 15) is 14.0 Å². The molecule has 0 aromatic heterocycles. The Balaban J connectivity index is 1.80. The Morgan fingerprint density at radius 3 is 2.64 bits per heavy atom. The number of amides is 2. The molecule has 0 saturated carbocycles. The van der Waals surface area contributed by atoms with Crippen LogP contribution in [0, 0.1) is 5.82 Å². The van der Waals surface area contributed by atoms with Crippen LogP contribution in [-0.4, -0.2) is 51.0 Å². The lowest BCUT2D eigenvalue weighted by atomic mass is 10.2. The smallest absolute Gasteiger partial charge is 0.415 e. The second-order valence-corrected chi connectivity index (χ2v) is 5.12. The van der Waals surface area contributed by atoms with Crippen LogP contribution in [0.4, 0.5) is 20.6 Å². The fourth-order valence-corrected chi connectivity index (χ4v) is 2.55. The van der Waals surface area contributed by atoms with Gasteiger partial charge in [0, 0.05) is 13.1 Å². The van der Waals surface area contributed by atoms with Gasteiger partial charge in [0.15, 0.2) is 6.10 Å². The molecule has 3 rings (SSSR count). The summed E-state index contributed by atoms with van der Waals surface area (Å²) in [7, 11) is 0. The quantitative estimate of drug-likeness (QED) is 0.877. The molecule has 2 saturated heterocycles. The van der Waals surface area contributed by atoms with E-state index in [1.807, 2.05) is 4.90 Å². The summed E-state index contributed by atoms with van der Waals surface area (Å²) in [5, 5.41) is 0. The second kappa shape index (κ2) is 5.80. The van der Waals surface area contributed by atoms with Gasteiger partial charge in [-0.2, -0.15) is 0 Å². The Hall–Kier alpha value is -2.35. The van der Waals surface area contributed by atoms with Gasteiger partial charge in [-0.25, -0.2) is 9.18 Å². The topological polar surface area (TPSA) is 85.1 Å². The molecule has 1 aromatic rings. The third-order valence-corrected chi connectivity index (χ3v) is 3.72. The van der Waals surface area contributed by atoms with Crippen molar-refractivity contribution in [2.45, 2.75) is 6.10 Å². The van der Waals surface area contributed by atoms with E-state index in [0.717, 1.165) is 0 Å². The van der Waals surface area contributed by atoms with Crippen molar-refractivity contribution in [1.82, 2.24) is 0 Å². The Kier molecular flexibility index (Phi) is 3.84. The van der Waals surface area contributed by atoms with Crippen LogP contribution >= 0.6 is 0 Å². The number of halogens is 1. The molecule has 22 heavy (non-hydrogen) atoms. The molecule has 2 aliphatic heterocycles. The first kappa shape index (κ1) is 14.6. The number of hydrogen-bond donors (Lipinski definition) is 1. The van der Waals surface area contributed by atoms with Crippen molar-refractivity contribution in [3.05, 3.63) is 24.0 Å². The molecule has 2 amide bonds.